The molecule has 0 N–H and O–H groups in total. The fraction of sp³-hybridized carbons (Fsp3) is 0.417. The van der Waals surface area contributed by atoms with Crippen LogP contribution >= 0.6 is 0 Å². The molecule has 0 unspecified atom stereocenters. The van der Waals surface area contributed by atoms with Crippen LogP contribution in [0.2, 0.25) is 0 Å². The second-order valence-electron chi connectivity index (χ2n) is 3.74. The second kappa shape index (κ2) is 5.12. The van der Waals surface area contributed by atoms with Gasteiger partial charge in [0.15, 0.2) is 0 Å². The number of ether oxygens (including phenoxy) is 1. The van der Waals surface area contributed by atoms with E-state index >= 15 is 0 Å². The van der Waals surface area contributed by atoms with Crippen LogP contribution in [-0.4, -0.2) is 26.7 Å². The predicted octanol–water partition coefficient (Wildman–Crippen LogP) is 2.41. The average Bonchev–Trinajstić information content (AvgIpc) is 2.29. The van der Waals surface area contributed by atoms with E-state index in [1.165, 1.54) is 31.2 Å². The standard InChI is InChI=1S/C12H15F2NO2/c1-4-17-11(16)12(13,14)9-5-7-10(8-6-9)15(2)3/h5-8H,4H2,1-3H3. The SMILES string of the molecule is CCOC(=O)C(F)(F)c1ccc(N(C)C)cc1. The van der Waals surface area contributed by atoms with Crippen LogP contribution in [-0.2, 0) is 15.5 Å². The number of esters is 1. The van der Waals surface area contributed by atoms with E-state index in [9.17, 15) is 13.6 Å². The van der Waals surface area contributed by atoms with E-state index in [4.69, 9.17) is 0 Å². The Hall–Kier alpha value is -1.65. The number of alkyl halides is 2. The first-order valence-corrected chi connectivity index (χ1v) is 5.22. The van der Waals surface area contributed by atoms with Crippen molar-refractivity contribution in [1.82, 2.24) is 0 Å². The fourth-order valence-electron chi connectivity index (χ4n) is 1.31. The van der Waals surface area contributed by atoms with Gasteiger partial charge in [0.2, 0.25) is 0 Å². The second-order valence-corrected chi connectivity index (χ2v) is 3.74. The van der Waals surface area contributed by atoms with E-state index < -0.39 is 11.9 Å². The first-order valence-electron chi connectivity index (χ1n) is 5.22. The zero-order chi connectivity index (χ0) is 13.1. The molecule has 17 heavy (non-hydrogen) atoms. The van der Waals surface area contributed by atoms with Gasteiger partial charge in [-0.3, -0.25) is 0 Å². The molecule has 0 aromatic heterocycles. The molecule has 0 aliphatic carbocycles. The Morgan fingerprint density at radius 1 is 1.29 bits per heavy atom. The molecule has 0 aliphatic rings. The number of anilines is 1. The maximum absolute atomic E-state index is 13.6. The van der Waals surface area contributed by atoms with Crippen molar-refractivity contribution in [3.63, 3.8) is 0 Å². The summed E-state index contributed by atoms with van der Waals surface area (Å²) < 4.78 is 31.5. The number of rotatable bonds is 4. The Bertz CT molecular complexity index is 388. The highest BCUT2D eigenvalue weighted by Gasteiger charge is 2.42. The number of halogens is 2. The quantitative estimate of drug-likeness (QED) is 0.760. The first kappa shape index (κ1) is 13.4. The molecule has 0 amide bonds. The molecule has 0 atom stereocenters. The maximum atomic E-state index is 13.6. The molecular weight excluding hydrogens is 228 g/mol. The lowest BCUT2D eigenvalue weighted by Gasteiger charge is -2.17. The van der Waals surface area contributed by atoms with E-state index in [2.05, 4.69) is 4.74 Å². The van der Waals surface area contributed by atoms with Gasteiger partial charge in [0.05, 0.1) is 6.61 Å². The highest BCUT2D eigenvalue weighted by atomic mass is 19.3. The van der Waals surface area contributed by atoms with Gasteiger partial charge in [0.1, 0.15) is 0 Å². The van der Waals surface area contributed by atoms with Crippen molar-refractivity contribution >= 4 is 11.7 Å². The summed E-state index contributed by atoms with van der Waals surface area (Å²) >= 11 is 0. The van der Waals surface area contributed by atoms with Crippen LogP contribution in [0.25, 0.3) is 0 Å². The third kappa shape index (κ3) is 2.93. The van der Waals surface area contributed by atoms with Gasteiger partial charge in [-0.25, -0.2) is 4.79 Å². The molecule has 3 nitrogen and oxygen atoms in total. The average molecular weight is 243 g/mol. The number of carbonyl (C=O) groups is 1. The Labute approximate surface area is 99.0 Å². The lowest BCUT2D eigenvalue weighted by Crippen LogP contribution is -2.28. The van der Waals surface area contributed by atoms with Crippen molar-refractivity contribution in [1.29, 1.82) is 0 Å². The highest BCUT2D eigenvalue weighted by molar-refractivity contribution is 5.79. The Balaban J connectivity index is 2.95. The summed E-state index contributed by atoms with van der Waals surface area (Å²) in [7, 11) is 3.61. The molecular formula is C12H15F2NO2. The smallest absolute Gasteiger partial charge is 0.381 e. The van der Waals surface area contributed by atoms with Gasteiger partial charge in [-0.2, -0.15) is 8.78 Å². The number of nitrogens with zero attached hydrogens (tertiary/aromatic N) is 1. The molecule has 0 radical (unpaired) electrons. The van der Waals surface area contributed by atoms with Gasteiger partial charge < -0.3 is 9.64 Å². The Morgan fingerprint density at radius 2 is 1.82 bits per heavy atom. The molecule has 0 aliphatic heterocycles. The molecule has 0 saturated heterocycles. The third-order valence-corrected chi connectivity index (χ3v) is 2.28. The van der Waals surface area contributed by atoms with Crippen LogP contribution in [0.3, 0.4) is 0 Å². The first-order chi connectivity index (χ1) is 7.89. The van der Waals surface area contributed by atoms with Crippen molar-refractivity contribution in [3.8, 4) is 0 Å². The largest absolute Gasteiger partial charge is 0.461 e. The summed E-state index contributed by atoms with van der Waals surface area (Å²) in [5, 5.41) is 0. The molecule has 0 saturated carbocycles. The minimum atomic E-state index is -3.60. The van der Waals surface area contributed by atoms with E-state index in [0.29, 0.717) is 0 Å². The van der Waals surface area contributed by atoms with Gasteiger partial charge in [0, 0.05) is 25.3 Å². The molecule has 0 heterocycles. The molecule has 0 fully saturated rings. The molecule has 5 heteroatoms. The predicted molar refractivity (Wildman–Crippen MR) is 61.3 cm³/mol. The number of carbonyl (C=O) groups excluding carboxylic acids is 1. The molecule has 1 aromatic carbocycles. The van der Waals surface area contributed by atoms with E-state index in [1.807, 2.05) is 0 Å². The zero-order valence-electron chi connectivity index (χ0n) is 10.0. The summed E-state index contributed by atoms with van der Waals surface area (Å²) in [6, 6.07) is 5.52. The normalized spacial score (nSPS) is 11.1. The van der Waals surface area contributed by atoms with Crippen LogP contribution < -0.4 is 4.90 Å². The maximum Gasteiger partial charge on any atom is 0.381 e. The zero-order valence-corrected chi connectivity index (χ0v) is 10.0. The molecule has 0 bridgehead atoms. The molecule has 1 aromatic rings. The molecule has 1 rings (SSSR count). The van der Waals surface area contributed by atoms with E-state index in [1.54, 1.807) is 19.0 Å². The highest BCUT2D eigenvalue weighted by Crippen LogP contribution is 2.30. The van der Waals surface area contributed by atoms with Crippen molar-refractivity contribution < 1.29 is 18.3 Å². The minimum Gasteiger partial charge on any atom is -0.461 e. The van der Waals surface area contributed by atoms with Crippen molar-refractivity contribution in [2.24, 2.45) is 0 Å². The van der Waals surface area contributed by atoms with Crippen molar-refractivity contribution in [2.45, 2.75) is 12.8 Å². The van der Waals surface area contributed by atoms with Crippen LogP contribution in [0, 0.1) is 0 Å². The number of hydrogen-bond donors (Lipinski definition) is 0. The summed E-state index contributed by atoms with van der Waals surface area (Å²) in [5.41, 5.74) is 0.426. The monoisotopic (exact) mass is 243 g/mol. The number of hydrogen-bond acceptors (Lipinski definition) is 3. The van der Waals surface area contributed by atoms with Gasteiger partial charge in [-0.05, 0) is 19.1 Å². The fourth-order valence-corrected chi connectivity index (χ4v) is 1.31. The molecule has 0 spiro atoms. The Morgan fingerprint density at radius 3 is 2.24 bits per heavy atom. The van der Waals surface area contributed by atoms with Crippen LogP contribution in [0.4, 0.5) is 14.5 Å². The number of benzene rings is 1. The Kier molecular flexibility index (Phi) is 4.04. The van der Waals surface area contributed by atoms with Crippen molar-refractivity contribution in [2.75, 3.05) is 25.6 Å². The topological polar surface area (TPSA) is 29.5 Å². The molecule has 94 valence electrons. The van der Waals surface area contributed by atoms with Gasteiger partial charge in [0.25, 0.3) is 0 Å². The minimum absolute atomic E-state index is 0.0653. The van der Waals surface area contributed by atoms with Gasteiger partial charge >= 0.3 is 11.9 Å². The lowest BCUT2D eigenvalue weighted by molar-refractivity contribution is -0.173. The summed E-state index contributed by atoms with van der Waals surface area (Å²) in [6.45, 7) is 1.42. The van der Waals surface area contributed by atoms with Crippen LogP contribution in [0.15, 0.2) is 24.3 Å². The van der Waals surface area contributed by atoms with Crippen LogP contribution in [0.5, 0.6) is 0 Å². The van der Waals surface area contributed by atoms with Gasteiger partial charge in [-0.1, -0.05) is 12.1 Å². The van der Waals surface area contributed by atoms with E-state index in [0.717, 1.165) is 5.69 Å². The van der Waals surface area contributed by atoms with Gasteiger partial charge in [-0.15, -0.1) is 0 Å². The lowest BCUT2D eigenvalue weighted by atomic mass is 10.1. The van der Waals surface area contributed by atoms with Crippen LogP contribution in [0.1, 0.15) is 12.5 Å². The summed E-state index contributed by atoms with van der Waals surface area (Å²) in [4.78, 5) is 12.9. The third-order valence-electron chi connectivity index (χ3n) is 2.28. The summed E-state index contributed by atoms with van der Waals surface area (Å²) in [5.74, 6) is -5.11. The van der Waals surface area contributed by atoms with Crippen molar-refractivity contribution in [3.05, 3.63) is 29.8 Å². The summed E-state index contributed by atoms with van der Waals surface area (Å²) in [6.07, 6.45) is 0. The van der Waals surface area contributed by atoms with E-state index in [-0.39, 0.29) is 12.2 Å².